The number of rotatable bonds is 1. The van der Waals surface area contributed by atoms with Gasteiger partial charge in [-0.25, -0.2) is 0 Å². The molecule has 5 heavy (non-hydrogen) atoms. The molecule has 0 amide bonds. The van der Waals surface area contributed by atoms with Crippen molar-refractivity contribution in [3.63, 3.8) is 0 Å². The lowest BCUT2D eigenvalue weighted by Gasteiger charge is -1.91. The van der Waals surface area contributed by atoms with E-state index in [0.29, 0.717) is 0 Å². The number of nitrogens with two attached hydrogens (primary N) is 1. The molecule has 3 N–H and O–H groups in total. The van der Waals surface area contributed by atoms with E-state index in [9.17, 15) is 4.48 Å². The van der Waals surface area contributed by atoms with Gasteiger partial charge in [0.2, 0.25) is 0 Å². The van der Waals surface area contributed by atoms with E-state index in [2.05, 4.69) is 0 Å². The molecule has 0 aliphatic carbocycles. The van der Waals surface area contributed by atoms with Crippen LogP contribution >= 0.6 is 0 Å². The van der Waals surface area contributed by atoms with Gasteiger partial charge in [0.15, 0.2) is 0 Å². The maximum atomic E-state index is 10.7. The lowest BCUT2D eigenvalue weighted by Crippen LogP contribution is -2.27. The molecule has 0 aliphatic rings. The molecule has 0 bridgehead atoms. The molecule has 0 fully saturated rings. The first kappa shape index (κ1) is 4.85. The summed E-state index contributed by atoms with van der Waals surface area (Å²) in [5, 5.41) is 0. The third-order valence-corrected chi connectivity index (χ3v) is 0.172. The fourth-order valence-electron chi connectivity index (χ4n) is 0. The molecule has 0 rings (SSSR count). The van der Waals surface area contributed by atoms with Crippen molar-refractivity contribution >= 4 is 0 Å². The van der Waals surface area contributed by atoms with Crippen molar-refractivity contribution in [1.29, 1.82) is 0 Å². The minimum atomic E-state index is -0.532. The standard InChI is InChI=1S/C2H7FN2/c1-2(4)5-3/h2,5H,4H2,1H3. The normalized spacial score (nSPS) is 15.0. The van der Waals surface area contributed by atoms with Crippen LogP contribution in [-0.4, -0.2) is 6.17 Å². The van der Waals surface area contributed by atoms with Crippen molar-refractivity contribution in [1.82, 2.24) is 5.54 Å². The largest absolute Gasteiger partial charge is 0.314 e. The van der Waals surface area contributed by atoms with Gasteiger partial charge in [-0.3, -0.25) is 0 Å². The zero-order valence-corrected chi connectivity index (χ0v) is 3.03. The highest BCUT2D eigenvalue weighted by Crippen LogP contribution is 1.58. The lowest BCUT2D eigenvalue weighted by atomic mass is 10.7. The predicted octanol–water partition coefficient (Wildman–Crippen LogP) is -0.235. The summed E-state index contributed by atoms with van der Waals surface area (Å²) in [6.07, 6.45) is -0.532. The first-order chi connectivity index (χ1) is 2.27. The van der Waals surface area contributed by atoms with Crippen LogP contribution in [0.5, 0.6) is 0 Å². The third kappa shape index (κ3) is 3.85. The molecule has 0 aromatic carbocycles. The number of hydrogen-bond donors (Lipinski definition) is 2. The maximum absolute atomic E-state index is 10.7. The Kier molecular flexibility index (Phi) is 2.05. The Bertz CT molecular complexity index is 21.6. The number of nitrogens with one attached hydrogen (secondary N) is 1. The molecule has 1 atom stereocenters. The summed E-state index contributed by atoms with van der Waals surface area (Å²) in [4.78, 5) is 0. The van der Waals surface area contributed by atoms with Crippen molar-refractivity contribution in [3.8, 4) is 0 Å². The topological polar surface area (TPSA) is 38.0 Å². The Morgan fingerprint density at radius 3 is 2.20 bits per heavy atom. The van der Waals surface area contributed by atoms with Gasteiger partial charge in [-0.2, -0.15) is 0 Å². The van der Waals surface area contributed by atoms with Crippen LogP contribution in [-0.2, 0) is 0 Å². The third-order valence-electron chi connectivity index (χ3n) is 0.172. The van der Waals surface area contributed by atoms with Crippen LogP contribution in [0.4, 0.5) is 4.48 Å². The second-order valence-electron chi connectivity index (χ2n) is 0.898. The highest BCUT2D eigenvalue weighted by Gasteiger charge is 1.80. The van der Waals surface area contributed by atoms with Gasteiger partial charge in [0.25, 0.3) is 0 Å². The second kappa shape index (κ2) is 2.11. The molecule has 32 valence electrons. The number of hydrogen-bond acceptors (Lipinski definition) is 2. The lowest BCUT2D eigenvalue weighted by molar-refractivity contribution is 0.286. The molecular weight excluding hydrogens is 71.0 g/mol. The smallest absolute Gasteiger partial charge is 0.0808 e. The molecule has 0 saturated heterocycles. The minimum Gasteiger partial charge on any atom is -0.314 e. The molecule has 0 aromatic rings. The van der Waals surface area contributed by atoms with Crippen molar-refractivity contribution in [2.24, 2.45) is 5.73 Å². The van der Waals surface area contributed by atoms with Crippen LogP contribution in [0.1, 0.15) is 6.92 Å². The molecule has 3 heteroatoms. The summed E-state index contributed by atoms with van der Waals surface area (Å²) in [7, 11) is 0. The molecule has 0 heterocycles. The molecular formula is C2H7FN2. The van der Waals surface area contributed by atoms with E-state index in [1.165, 1.54) is 12.5 Å². The summed E-state index contributed by atoms with van der Waals surface area (Å²) in [6, 6.07) is 0. The molecule has 1 unspecified atom stereocenters. The molecule has 0 spiro atoms. The Hall–Kier alpha value is -0.150. The van der Waals surface area contributed by atoms with Crippen LogP contribution in [0.25, 0.3) is 0 Å². The first-order valence-corrected chi connectivity index (χ1v) is 1.39. The number of halogens is 1. The van der Waals surface area contributed by atoms with Gasteiger partial charge in [-0.1, -0.05) is 0 Å². The average molecular weight is 78.1 g/mol. The summed E-state index contributed by atoms with van der Waals surface area (Å²) in [5.74, 6) is 0. The Balaban J connectivity index is 2.54. The Morgan fingerprint density at radius 2 is 2.20 bits per heavy atom. The van der Waals surface area contributed by atoms with Crippen molar-refractivity contribution in [3.05, 3.63) is 0 Å². The molecule has 0 radical (unpaired) electrons. The van der Waals surface area contributed by atoms with E-state index in [-0.39, 0.29) is 0 Å². The minimum absolute atomic E-state index is 0.532. The van der Waals surface area contributed by atoms with Crippen LogP contribution in [0.3, 0.4) is 0 Å². The molecule has 0 saturated carbocycles. The predicted molar refractivity (Wildman–Crippen MR) is 17.9 cm³/mol. The van der Waals surface area contributed by atoms with Gasteiger partial charge >= 0.3 is 0 Å². The van der Waals surface area contributed by atoms with Crippen LogP contribution in [0.2, 0.25) is 0 Å². The second-order valence-corrected chi connectivity index (χ2v) is 0.898. The first-order valence-electron chi connectivity index (χ1n) is 1.39. The highest BCUT2D eigenvalue weighted by molar-refractivity contribution is 4.32. The Labute approximate surface area is 30.1 Å². The van der Waals surface area contributed by atoms with Gasteiger partial charge in [0.1, 0.15) is 0 Å². The highest BCUT2D eigenvalue weighted by atomic mass is 19.2. The van der Waals surface area contributed by atoms with Crippen molar-refractivity contribution in [2.75, 3.05) is 0 Å². The van der Waals surface area contributed by atoms with E-state index >= 15 is 0 Å². The molecule has 2 nitrogen and oxygen atoms in total. The fraction of sp³-hybridized carbons (Fsp3) is 1.00. The average Bonchev–Trinajstić information content (AvgIpc) is 1.38. The molecule has 0 aromatic heterocycles. The maximum Gasteiger partial charge on any atom is 0.0808 e. The summed E-state index contributed by atoms with van der Waals surface area (Å²) in [5.41, 5.74) is 6.11. The van der Waals surface area contributed by atoms with Crippen LogP contribution in [0.15, 0.2) is 0 Å². The zero-order chi connectivity index (χ0) is 4.28. The zero-order valence-electron chi connectivity index (χ0n) is 3.03. The monoisotopic (exact) mass is 78.1 g/mol. The fourth-order valence-corrected chi connectivity index (χ4v) is 0. The van der Waals surface area contributed by atoms with E-state index in [1.807, 2.05) is 0 Å². The van der Waals surface area contributed by atoms with E-state index < -0.39 is 6.17 Å². The van der Waals surface area contributed by atoms with Crippen LogP contribution in [0, 0.1) is 0 Å². The summed E-state index contributed by atoms with van der Waals surface area (Å²) < 4.78 is 10.7. The van der Waals surface area contributed by atoms with Gasteiger partial charge in [-0.05, 0) is 6.92 Å². The van der Waals surface area contributed by atoms with E-state index in [1.54, 1.807) is 0 Å². The molecule has 0 aliphatic heterocycles. The SMILES string of the molecule is CC(N)NF. The van der Waals surface area contributed by atoms with Crippen molar-refractivity contribution < 1.29 is 4.48 Å². The summed E-state index contributed by atoms with van der Waals surface area (Å²) >= 11 is 0. The van der Waals surface area contributed by atoms with Crippen molar-refractivity contribution in [2.45, 2.75) is 13.1 Å². The Morgan fingerprint density at radius 1 is 2.00 bits per heavy atom. The summed E-state index contributed by atoms with van der Waals surface area (Å²) in [6.45, 7) is 1.51. The van der Waals surface area contributed by atoms with Gasteiger partial charge in [0.05, 0.1) is 6.17 Å². The quantitative estimate of drug-likeness (QED) is 0.335. The van der Waals surface area contributed by atoms with E-state index in [0.717, 1.165) is 0 Å². The van der Waals surface area contributed by atoms with Gasteiger partial charge < -0.3 is 5.73 Å². The van der Waals surface area contributed by atoms with E-state index in [4.69, 9.17) is 5.73 Å². The van der Waals surface area contributed by atoms with Crippen LogP contribution < -0.4 is 11.3 Å². The van der Waals surface area contributed by atoms with Gasteiger partial charge in [0, 0.05) is 0 Å². The van der Waals surface area contributed by atoms with Gasteiger partial charge in [-0.15, -0.1) is 10.0 Å².